The Balaban J connectivity index is 1.45. The highest BCUT2D eigenvalue weighted by molar-refractivity contribution is 6.30. The molecular formula is C23H24ClN6O2. The Morgan fingerprint density at radius 2 is 1.78 bits per heavy atom. The minimum atomic E-state index is -0.714. The van der Waals surface area contributed by atoms with Gasteiger partial charge in [0.1, 0.15) is 6.04 Å². The average Bonchev–Trinajstić information content (AvgIpc) is 3.31. The molecule has 9 heteroatoms. The lowest BCUT2D eigenvalue weighted by molar-refractivity contribution is -0.137. The zero-order valence-corrected chi connectivity index (χ0v) is 18.2. The molecule has 8 nitrogen and oxygen atoms in total. The molecule has 4 rings (SSSR count). The van der Waals surface area contributed by atoms with Crippen LogP contribution < -0.4 is 10.6 Å². The third-order valence-corrected chi connectivity index (χ3v) is 5.78. The molecule has 2 N–H and O–H groups in total. The zero-order valence-electron chi connectivity index (χ0n) is 17.5. The number of carbonyl (C=O) groups excluding carboxylic acids is 2. The van der Waals surface area contributed by atoms with Crippen molar-refractivity contribution >= 4 is 29.1 Å². The van der Waals surface area contributed by atoms with Gasteiger partial charge in [0.05, 0.1) is 25.4 Å². The monoisotopic (exact) mass is 451 g/mol. The number of amides is 2. The summed E-state index contributed by atoms with van der Waals surface area (Å²) in [6.07, 6.45) is 5.32. The molecule has 2 aromatic carbocycles. The highest BCUT2D eigenvalue weighted by Crippen LogP contribution is 2.25. The summed E-state index contributed by atoms with van der Waals surface area (Å²) in [6.45, 7) is 1.84. The van der Waals surface area contributed by atoms with Crippen molar-refractivity contribution < 1.29 is 9.59 Å². The van der Waals surface area contributed by atoms with Crippen molar-refractivity contribution in [1.29, 1.82) is 0 Å². The Morgan fingerprint density at radius 1 is 1.06 bits per heavy atom. The maximum Gasteiger partial charge on any atom is 0.242 e. The lowest BCUT2D eigenvalue weighted by atomic mass is 10.1. The summed E-state index contributed by atoms with van der Waals surface area (Å²) in [4.78, 5) is 30.4. The van der Waals surface area contributed by atoms with E-state index >= 15 is 0 Å². The van der Waals surface area contributed by atoms with E-state index in [2.05, 4.69) is 15.1 Å². The minimum Gasteiger partial charge on any atom is -0.368 e. The van der Waals surface area contributed by atoms with Crippen molar-refractivity contribution in [2.75, 3.05) is 24.5 Å². The summed E-state index contributed by atoms with van der Waals surface area (Å²) < 4.78 is 0. The molecule has 32 heavy (non-hydrogen) atoms. The van der Waals surface area contributed by atoms with Crippen LogP contribution in [0.25, 0.3) is 0 Å². The third-order valence-electron chi connectivity index (χ3n) is 5.53. The summed E-state index contributed by atoms with van der Waals surface area (Å²) in [7, 11) is 0. The second kappa shape index (κ2) is 9.82. The van der Waals surface area contributed by atoms with Crippen molar-refractivity contribution in [2.24, 2.45) is 5.73 Å². The van der Waals surface area contributed by atoms with Crippen LogP contribution in [0.3, 0.4) is 0 Å². The number of para-hydroxylation sites is 1. The van der Waals surface area contributed by atoms with Gasteiger partial charge >= 0.3 is 0 Å². The highest BCUT2D eigenvalue weighted by Gasteiger charge is 2.34. The van der Waals surface area contributed by atoms with E-state index in [0.29, 0.717) is 37.6 Å². The number of benzene rings is 2. The zero-order chi connectivity index (χ0) is 22.5. The number of nitrogens with zero attached hydrogens (tertiary/aromatic N) is 5. The summed E-state index contributed by atoms with van der Waals surface area (Å²) in [5, 5.41) is 9.00. The number of hydrogen-bond donors (Lipinski definition) is 1. The molecule has 2 heterocycles. The fourth-order valence-corrected chi connectivity index (χ4v) is 4.01. The van der Waals surface area contributed by atoms with E-state index in [-0.39, 0.29) is 5.91 Å². The van der Waals surface area contributed by atoms with Gasteiger partial charge in [-0.3, -0.25) is 9.59 Å². The maximum absolute atomic E-state index is 12.9. The topological polar surface area (TPSA) is 97.3 Å². The van der Waals surface area contributed by atoms with Crippen LogP contribution in [-0.4, -0.2) is 57.4 Å². The van der Waals surface area contributed by atoms with E-state index < -0.39 is 11.9 Å². The van der Waals surface area contributed by atoms with Gasteiger partial charge in [0, 0.05) is 30.3 Å². The Hall–Kier alpha value is -3.39. The van der Waals surface area contributed by atoms with Crippen LogP contribution in [0.5, 0.6) is 0 Å². The number of piperazine rings is 1. The van der Waals surface area contributed by atoms with Crippen LogP contribution in [0, 0.1) is 6.42 Å². The van der Waals surface area contributed by atoms with Gasteiger partial charge in [0.2, 0.25) is 11.8 Å². The van der Waals surface area contributed by atoms with Crippen molar-refractivity contribution in [2.45, 2.75) is 19.0 Å². The molecule has 0 aliphatic carbocycles. The minimum absolute atomic E-state index is 0.197. The van der Waals surface area contributed by atoms with Gasteiger partial charge in [-0.25, -0.2) is 0 Å². The number of anilines is 1. The molecule has 1 aliphatic heterocycles. The molecule has 1 atom stereocenters. The molecule has 165 valence electrons. The largest absolute Gasteiger partial charge is 0.368 e. The quantitative estimate of drug-likeness (QED) is 0.592. The van der Waals surface area contributed by atoms with E-state index in [1.807, 2.05) is 36.4 Å². The second-order valence-electron chi connectivity index (χ2n) is 7.62. The summed E-state index contributed by atoms with van der Waals surface area (Å²) >= 11 is 5.92. The molecule has 0 saturated carbocycles. The fraction of sp³-hybridized carbons (Fsp3) is 0.261. The third kappa shape index (κ3) is 5.08. The first-order valence-electron chi connectivity index (χ1n) is 10.4. The average molecular weight is 452 g/mol. The van der Waals surface area contributed by atoms with Crippen LogP contribution in [0.15, 0.2) is 60.9 Å². The number of aromatic nitrogens is 3. The van der Waals surface area contributed by atoms with Crippen LogP contribution in [-0.2, 0) is 22.6 Å². The first-order valence-corrected chi connectivity index (χ1v) is 10.7. The molecule has 0 bridgehead atoms. The fourth-order valence-electron chi connectivity index (χ4n) is 3.88. The molecule has 3 aromatic rings. The van der Waals surface area contributed by atoms with Gasteiger partial charge in [0.25, 0.3) is 0 Å². The molecule has 1 fully saturated rings. The van der Waals surface area contributed by atoms with Crippen molar-refractivity contribution in [3.63, 3.8) is 0 Å². The number of hydrogen-bond acceptors (Lipinski definition) is 5. The van der Waals surface area contributed by atoms with E-state index in [4.69, 9.17) is 17.3 Å². The number of halogens is 1. The van der Waals surface area contributed by atoms with Gasteiger partial charge < -0.3 is 15.5 Å². The highest BCUT2D eigenvalue weighted by atomic mass is 35.5. The number of primary amides is 1. The van der Waals surface area contributed by atoms with Crippen molar-refractivity contribution in [3.8, 4) is 0 Å². The molecular weight excluding hydrogens is 428 g/mol. The van der Waals surface area contributed by atoms with Gasteiger partial charge in [0.15, 0.2) is 0 Å². The molecule has 1 radical (unpaired) electrons. The van der Waals surface area contributed by atoms with Crippen molar-refractivity contribution in [1.82, 2.24) is 19.9 Å². The Labute approximate surface area is 191 Å². The standard InChI is InChI=1S/C23H24ClN6O2/c24-19-8-5-17(6-9-19)7-10-22(31)29-14-13-28(16-21(29)23(25)32)20-4-2-1-3-18(20)15-30-26-11-12-27-30/h1-6,8-12,21H,7,13-16H2,(H2,25,32). The molecule has 1 saturated heterocycles. The lowest BCUT2D eigenvalue weighted by Crippen LogP contribution is -2.60. The summed E-state index contributed by atoms with van der Waals surface area (Å²) in [5.41, 5.74) is 8.67. The lowest BCUT2D eigenvalue weighted by Gasteiger charge is -2.41. The predicted molar refractivity (Wildman–Crippen MR) is 122 cm³/mol. The van der Waals surface area contributed by atoms with Crippen LogP contribution in [0.1, 0.15) is 11.1 Å². The van der Waals surface area contributed by atoms with Gasteiger partial charge in [-0.15, -0.1) is 0 Å². The Bertz CT molecular complexity index is 1070. The smallest absolute Gasteiger partial charge is 0.242 e. The first-order chi connectivity index (χ1) is 15.5. The van der Waals surface area contributed by atoms with E-state index in [9.17, 15) is 9.59 Å². The van der Waals surface area contributed by atoms with Gasteiger partial charge in [-0.1, -0.05) is 41.9 Å². The molecule has 1 aromatic heterocycles. The molecule has 1 unspecified atom stereocenters. The first kappa shape index (κ1) is 21.8. The Kier molecular flexibility index (Phi) is 6.70. The maximum atomic E-state index is 12.9. The van der Waals surface area contributed by atoms with Crippen molar-refractivity contribution in [3.05, 3.63) is 83.5 Å². The normalized spacial score (nSPS) is 16.2. The molecule has 0 spiro atoms. The Morgan fingerprint density at radius 3 is 2.50 bits per heavy atom. The predicted octanol–water partition coefficient (Wildman–Crippen LogP) is 1.93. The van der Waals surface area contributed by atoms with Crippen LogP contribution in [0.2, 0.25) is 5.02 Å². The second-order valence-corrected chi connectivity index (χ2v) is 8.06. The summed E-state index contributed by atoms with van der Waals surface area (Å²) in [6, 6.07) is 14.5. The molecule has 2 amide bonds. The number of nitrogens with two attached hydrogens (primary N) is 1. The van der Waals surface area contributed by atoms with Gasteiger partial charge in [-0.05, 0) is 35.7 Å². The van der Waals surface area contributed by atoms with Gasteiger partial charge in [-0.2, -0.15) is 15.0 Å². The van der Waals surface area contributed by atoms with E-state index in [1.54, 1.807) is 40.6 Å². The SMILES string of the molecule is NC(=O)C1CN(c2ccccc2Cn2nccn2)CCN1C(=O)[CH]Cc1ccc(Cl)cc1. The van der Waals surface area contributed by atoms with E-state index in [1.165, 1.54) is 0 Å². The van der Waals surface area contributed by atoms with E-state index in [0.717, 1.165) is 16.8 Å². The number of rotatable bonds is 7. The summed E-state index contributed by atoms with van der Waals surface area (Å²) in [5.74, 6) is -0.716. The van der Waals surface area contributed by atoms with Crippen LogP contribution in [0.4, 0.5) is 5.69 Å². The van der Waals surface area contributed by atoms with Crippen LogP contribution >= 0.6 is 11.6 Å². The number of carbonyl (C=O) groups is 2. The molecule has 1 aliphatic rings.